The number of rotatable bonds is 5. The Hall–Kier alpha value is -2.44. The van der Waals surface area contributed by atoms with Crippen molar-refractivity contribution in [3.63, 3.8) is 0 Å². The lowest BCUT2D eigenvalue weighted by atomic mass is 10.2. The molecule has 1 aromatic heterocycles. The third-order valence-corrected chi connectivity index (χ3v) is 2.52. The molecule has 1 heterocycles. The summed E-state index contributed by atoms with van der Waals surface area (Å²) in [5.74, 6) is 0.856. The van der Waals surface area contributed by atoms with E-state index in [1.54, 1.807) is 6.92 Å². The minimum absolute atomic E-state index is 0.0503. The quantitative estimate of drug-likeness (QED) is 0.829. The molecule has 0 saturated heterocycles. The first kappa shape index (κ1) is 13.0. The molecule has 1 atom stereocenters. The van der Waals surface area contributed by atoms with Gasteiger partial charge in [-0.25, -0.2) is 0 Å². The Balaban J connectivity index is 1.80. The van der Waals surface area contributed by atoms with E-state index < -0.39 is 0 Å². The number of H-pyrrole nitrogens is 1. The number of amides is 1. The summed E-state index contributed by atoms with van der Waals surface area (Å²) in [6.07, 6.45) is 0. The zero-order valence-electron chi connectivity index (χ0n) is 10.8. The second-order valence-corrected chi connectivity index (χ2v) is 4.16. The number of hydrogen-bond donors (Lipinski definition) is 2. The third kappa shape index (κ3) is 3.77. The molecule has 0 radical (unpaired) electrons. The van der Waals surface area contributed by atoms with Crippen molar-refractivity contribution >= 4 is 5.91 Å². The minimum atomic E-state index is -0.312. The second-order valence-electron chi connectivity index (χ2n) is 4.16. The smallest absolute Gasteiger partial charge is 0.258 e. The fourth-order valence-electron chi connectivity index (χ4n) is 1.48. The Morgan fingerprint density at radius 1 is 1.42 bits per heavy atom. The molecule has 2 N–H and O–H groups in total. The molecule has 1 aromatic carbocycles. The number of aryl methyl sites for hydroxylation is 1. The van der Waals surface area contributed by atoms with Gasteiger partial charge < -0.3 is 10.1 Å². The molecule has 0 aliphatic carbocycles. The number of nitrogens with zero attached hydrogens (tertiary/aromatic N) is 3. The average Bonchev–Trinajstić information content (AvgIpc) is 2.92. The van der Waals surface area contributed by atoms with Gasteiger partial charge in [0.2, 0.25) is 0 Å². The number of carbonyl (C=O) groups is 1. The van der Waals surface area contributed by atoms with E-state index in [9.17, 15) is 4.79 Å². The summed E-state index contributed by atoms with van der Waals surface area (Å²) in [6, 6.07) is 7.19. The van der Waals surface area contributed by atoms with Crippen LogP contribution in [0.3, 0.4) is 0 Å². The highest BCUT2D eigenvalue weighted by Gasteiger charge is 2.13. The molecule has 0 spiro atoms. The molecule has 19 heavy (non-hydrogen) atoms. The van der Waals surface area contributed by atoms with Crippen molar-refractivity contribution in [2.75, 3.05) is 6.61 Å². The molecule has 1 amide bonds. The van der Waals surface area contributed by atoms with Gasteiger partial charge >= 0.3 is 0 Å². The van der Waals surface area contributed by atoms with Crippen molar-refractivity contribution < 1.29 is 9.53 Å². The van der Waals surface area contributed by atoms with Crippen LogP contribution >= 0.6 is 0 Å². The van der Waals surface area contributed by atoms with E-state index in [1.807, 2.05) is 31.2 Å². The molecular formula is C12H15N5O2. The van der Waals surface area contributed by atoms with Crippen LogP contribution in [0, 0.1) is 6.92 Å². The van der Waals surface area contributed by atoms with E-state index >= 15 is 0 Å². The predicted octanol–water partition coefficient (Wildman–Crippen LogP) is 0.764. The van der Waals surface area contributed by atoms with Crippen LogP contribution in [-0.4, -0.2) is 33.1 Å². The number of nitrogens with one attached hydrogen (secondary N) is 2. The first-order valence-corrected chi connectivity index (χ1v) is 5.87. The normalized spacial score (nSPS) is 11.9. The maximum atomic E-state index is 11.7. The van der Waals surface area contributed by atoms with E-state index in [-0.39, 0.29) is 18.6 Å². The third-order valence-electron chi connectivity index (χ3n) is 2.52. The zero-order chi connectivity index (χ0) is 13.7. The van der Waals surface area contributed by atoms with E-state index in [2.05, 4.69) is 25.9 Å². The molecule has 0 bridgehead atoms. The van der Waals surface area contributed by atoms with Crippen molar-refractivity contribution in [2.24, 2.45) is 0 Å². The summed E-state index contributed by atoms with van der Waals surface area (Å²) in [6.45, 7) is 3.71. The number of benzene rings is 1. The molecule has 1 unspecified atom stereocenters. The van der Waals surface area contributed by atoms with Crippen LogP contribution in [-0.2, 0) is 4.79 Å². The molecule has 7 heteroatoms. The number of carbonyl (C=O) groups excluding carboxylic acids is 1. The van der Waals surface area contributed by atoms with Gasteiger partial charge in [0.25, 0.3) is 5.91 Å². The highest BCUT2D eigenvalue weighted by Crippen LogP contribution is 2.11. The van der Waals surface area contributed by atoms with Crippen LogP contribution in [0.5, 0.6) is 5.75 Å². The monoisotopic (exact) mass is 261 g/mol. The van der Waals surface area contributed by atoms with Crippen LogP contribution in [0.2, 0.25) is 0 Å². The second kappa shape index (κ2) is 5.94. The van der Waals surface area contributed by atoms with Gasteiger partial charge in [-0.15, -0.1) is 10.2 Å². The average molecular weight is 261 g/mol. The van der Waals surface area contributed by atoms with Crippen LogP contribution in [0.4, 0.5) is 0 Å². The first-order valence-electron chi connectivity index (χ1n) is 5.87. The molecule has 0 saturated carbocycles. The first-order chi connectivity index (χ1) is 9.15. The number of hydrogen-bond acceptors (Lipinski definition) is 5. The van der Waals surface area contributed by atoms with Crippen LogP contribution in [0.1, 0.15) is 24.4 Å². The van der Waals surface area contributed by atoms with Gasteiger partial charge in [0.1, 0.15) is 5.75 Å². The Labute approximate surface area is 110 Å². The Morgan fingerprint density at radius 3 is 2.79 bits per heavy atom. The van der Waals surface area contributed by atoms with Gasteiger partial charge in [-0.2, -0.15) is 5.21 Å². The number of aromatic amines is 1. The molecule has 2 aromatic rings. The van der Waals surface area contributed by atoms with Crippen LogP contribution in [0.25, 0.3) is 0 Å². The summed E-state index contributed by atoms with van der Waals surface area (Å²) < 4.78 is 5.36. The molecular weight excluding hydrogens is 246 g/mol. The summed E-state index contributed by atoms with van der Waals surface area (Å²) in [7, 11) is 0. The van der Waals surface area contributed by atoms with Gasteiger partial charge in [0.05, 0.1) is 6.04 Å². The van der Waals surface area contributed by atoms with Crippen molar-refractivity contribution in [3.05, 3.63) is 35.7 Å². The topological polar surface area (TPSA) is 92.8 Å². The Bertz CT molecular complexity index is 524. The number of tetrazole rings is 1. The summed E-state index contributed by atoms with van der Waals surface area (Å²) in [4.78, 5) is 11.7. The van der Waals surface area contributed by atoms with Crippen molar-refractivity contribution in [1.82, 2.24) is 25.9 Å². The van der Waals surface area contributed by atoms with Gasteiger partial charge in [-0.3, -0.25) is 4.79 Å². The van der Waals surface area contributed by atoms with Gasteiger partial charge in [-0.1, -0.05) is 22.9 Å². The van der Waals surface area contributed by atoms with E-state index in [0.717, 1.165) is 5.56 Å². The van der Waals surface area contributed by atoms with E-state index in [1.165, 1.54) is 0 Å². The Kier molecular flexibility index (Phi) is 4.07. The van der Waals surface area contributed by atoms with Gasteiger partial charge in [-0.05, 0) is 26.0 Å². The summed E-state index contributed by atoms with van der Waals surface area (Å²) in [5, 5.41) is 16.1. The molecule has 2 rings (SSSR count). The molecule has 0 fully saturated rings. The molecule has 0 aliphatic rings. The van der Waals surface area contributed by atoms with Crippen molar-refractivity contribution in [1.29, 1.82) is 0 Å². The SMILES string of the molecule is Cc1ccc(OCC(=O)NC(C)c2nn[nH]n2)cc1. The largest absolute Gasteiger partial charge is 0.484 e. The Morgan fingerprint density at radius 2 is 2.16 bits per heavy atom. The lowest BCUT2D eigenvalue weighted by Crippen LogP contribution is -2.31. The van der Waals surface area contributed by atoms with Crippen molar-refractivity contribution in [2.45, 2.75) is 19.9 Å². The van der Waals surface area contributed by atoms with Crippen LogP contribution < -0.4 is 10.1 Å². The van der Waals surface area contributed by atoms with Gasteiger partial charge in [0, 0.05) is 0 Å². The summed E-state index contributed by atoms with van der Waals surface area (Å²) >= 11 is 0. The van der Waals surface area contributed by atoms with E-state index in [4.69, 9.17) is 4.74 Å². The molecule has 100 valence electrons. The zero-order valence-corrected chi connectivity index (χ0v) is 10.8. The predicted molar refractivity (Wildman–Crippen MR) is 67.4 cm³/mol. The minimum Gasteiger partial charge on any atom is -0.484 e. The standard InChI is InChI=1S/C12H15N5O2/c1-8-3-5-10(6-4-8)19-7-11(18)13-9(2)12-14-16-17-15-12/h3-6,9H,7H2,1-2H3,(H,13,18)(H,14,15,16,17). The van der Waals surface area contributed by atoms with Gasteiger partial charge in [0.15, 0.2) is 12.4 Å². The van der Waals surface area contributed by atoms with E-state index in [0.29, 0.717) is 11.6 Å². The lowest BCUT2D eigenvalue weighted by molar-refractivity contribution is -0.123. The lowest BCUT2D eigenvalue weighted by Gasteiger charge is -2.11. The highest BCUT2D eigenvalue weighted by molar-refractivity contribution is 5.77. The maximum Gasteiger partial charge on any atom is 0.258 e. The van der Waals surface area contributed by atoms with Crippen molar-refractivity contribution in [3.8, 4) is 5.75 Å². The molecule has 7 nitrogen and oxygen atoms in total. The summed E-state index contributed by atoms with van der Waals surface area (Å²) in [5.41, 5.74) is 1.14. The fraction of sp³-hybridized carbons (Fsp3) is 0.333. The number of aromatic nitrogens is 4. The van der Waals surface area contributed by atoms with Crippen LogP contribution in [0.15, 0.2) is 24.3 Å². The maximum absolute atomic E-state index is 11.7. The fourth-order valence-corrected chi connectivity index (χ4v) is 1.48. The number of ether oxygens (including phenoxy) is 1. The highest BCUT2D eigenvalue weighted by atomic mass is 16.5. The molecule has 0 aliphatic heterocycles.